The van der Waals surface area contributed by atoms with Crippen molar-refractivity contribution in [2.75, 3.05) is 19.0 Å². The molecule has 0 N–H and O–H groups in total. The van der Waals surface area contributed by atoms with Gasteiger partial charge in [-0.05, 0) is 29.9 Å². The van der Waals surface area contributed by atoms with Crippen molar-refractivity contribution in [1.29, 1.82) is 0 Å². The number of hydrogen-bond acceptors (Lipinski definition) is 3. The number of hydrogen-bond donors (Lipinski definition) is 0. The molecule has 0 radical (unpaired) electrons. The molecule has 0 atom stereocenters. The third-order valence-electron chi connectivity index (χ3n) is 4.59. The highest BCUT2D eigenvalue weighted by Crippen LogP contribution is 2.22. The smallest absolute Gasteiger partial charge is 0.238 e. The number of nitrogens with zero attached hydrogens (tertiary/aromatic N) is 2. The molecule has 0 aliphatic carbocycles. The molecule has 0 unspecified atom stereocenters. The van der Waals surface area contributed by atoms with Crippen molar-refractivity contribution < 1.29 is 4.79 Å². The molecule has 25 heavy (non-hydrogen) atoms. The maximum atomic E-state index is 12.3. The van der Waals surface area contributed by atoms with Crippen molar-refractivity contribution in [3.63, 3.8) is 0 Å². The van der Waals surface area contributed by atoms with Gasteiger partial charge in [0.05, 0.1) is 6.54 Å². The van der Waals surface area contributed by atoms with Crippen molar-refractivity contribution in [2.24, 2.45) is 0 Å². The van der Waals surface area contributed by atoms with Crippen LogP contribution in [0.5, 0.6) is 0 Å². The summed E-state index contributed by atoms with van der Waals surface area (Å²) in [7, 11) is 0. The molecule has 3 rings (SSSR count). The van der Waals surface area contributed by atoms with E-state index in [0.29, 0.717) is 12.6 Å². The van der Waals surface area contributed by atoms with E-state index < -0.39 is 0 Å². The Hall–Kier alpha value is -1.07. The Balaban J connectivity index is 0.00000225. The summed E-state index contributed by atoms with van der Waals surface area (Å²) in [5.74, 6) is 0.113. The lowest BCUT2D eigenvalue weighted by atomic mass is 10.0. The molecule has 1 aromatic carbocycles. The van der Waals surface area contributed by atoms with Crippen molar-refractivity contribution in [2.45, 2.75) is 32.0 Å². The molecular weight excluding hydrogens is 375 g/mol. The minimum absolute atomic E-state index is 0. The monoisotopic (exact) mass is 398 g/mol. The second-order valence-corrected chi connectivity index (χ2v) is 7.53. The van der Waals surface area contributed by atoms with Crippen LogP contribution in [0.15, 0.2) is 47.8 Å². The fourth-order valence-electron chi connectivity index (χ4n) is 3.30. The topological polar surface area (TPSA) is 23.6 Å². The zero-order chi connectivity index (χ0) is 16.8. The first-order valence-electron chi connectivity index (χ1n) is 8.40. The molecule has 2 aromatic rings. The lowest BCUT2D eigenvalue weighted by Crippen LogP contribution is -2.47. The number of piperidine rings is 1. The highest BCUT2D eigenvalue weighted by atomic mass is 35.5. The Kier molecular flexibility index (Phi) is 8.24. The number of carbonyl (C=O) groups excluding carboxylic acids is 1. The highest BCUT2D eigenvalue weighted by molar-refractivity contribution is 7.09. The van der Waals surface area contributed by atoms with Gasteiger partial charge in [-0.2, -0.15) is 0 Å². The predicted molar refractivity (Wildman–Crippen MR) is 108 cm³/mol. The third-order valence-corrected chi connectivity index (χ3v) is 5.68. The molecule has 1 amide bonds. The zero-order valence-electron chi connectivity index (χ0n) is 14.1. The number of likely N-dealkylation sites (tertiary alicyclic amines) is 1. The number of benzene rings is 1. The molecule has 1 saturated heterocycles. The van der Waals surface area contributed by atoms with E-state index in [2.05, 4.69) is 46.7 Å². The van der Waals surface area contributed by atoms with Crippen LogP contribution in [0.3, 0.4) is 0 Å². The molecule has 0 bridgehead atoms. The van der Waals surface area contributed by atoms with E-state index in [4.69, 9.17) is 11.6 Å². The van der Waals surface area contributed by atoms with E-state index in [-0.39, 0.29) is 24.2 Å². The normalized spacial score (nSPS) is 15.6. The Morgan fingerprint density at radius 2 is 1.88 bits per heavy atom. The van der Waals surface area contributed by atoms with E-state index in [1.165, 1.54) is 10.4 Å². The van der Waals surface area contributed by atoms with Gasteiger partial charge in [0.25, 0.3) is 0 Å². The van der Waals surface area contributed by atoms with Crippen LogP contribution in [0.25, 0.3) is 0 Å². The first-order valence-corrected chi connectivity index (χ1v) is 9.82. The first-order chi connectivity index (χ1) is 11.8. The largest absolute Gasteiger partial charge is 0.333 e. The maximum Gasteiger partial charge on any atom is 0.238 e. The summed E-state index contributed by atoms with van der Waals surface area (Å²) in [4.78, 5) is 18.0. The van der Waals surface area contributed by atoms with E-state index in [9.17, 15) is 4.79 Å². The third kappa shape index (κ3) is 5.71. The quantitative estimate of drug-likeness (QED) is 0.673. The van der Waals surface area contributed by atoms with Crippen molar-refractivity contribution in [3.05, 3.63) is 58.3 Å². The lowest BCUT2D eigenvalue weighted by molar-refractivity contribution is -0.132. The Morgan fingerprint density at radius 3 is 2.48 bits per heavy atom. The lowest BCUT2D eigenvalue weighted by Gasteiger charge is -2.38. The number of alkyl halides is 1. The van der Waals surface area contributed by atoms with Gasteiger partial charge >= 0.3 is 0 Å². The SMILES string of the molecule is Cl.O=C(CCl)N(Cc1cccs1)C1CCN(Cc2ccccc2)CC1. The van der Waals surface area contributed by atoms with Crippen molar-refractivity contribution in [1.82, 2.24) is 9.80 Å². The van der Waals surface area contributed by atoms with Gasteiger partial charge in [-0.1, -0.05) is 36.4 Å². The van der Waals surface area contributed by atoms with E-state index in [1.54, 1.807) is 11.3 Å². The van der Waals surface area contributed by atoms with Crippen LogP contribution in [0.2, 0.25) is 0 Å². The minimum Gasteiger partial charge on any atom is -0.333 e. The second-order valence-electron chi connectivity index (χ2n) is 6.23. The molecule has 6 heteroatoms. The number of carbonyl (C=O) groups is 1. The summed E-state index contributed by atoms with van der Waals surface area (Å²) in [5.41, 5.74) is 1.35. The first kappa shape index (κ1) is 20.2. The van der Waals surface area contributed by atoms with Crippen LogP contribution in [-0.2, 0) is 17.9 Å². The van der Waals surface area contributed by atoms with E-state index >= 15 is 0 Å². The average molecular weight is 399 g/mol. The average Bonchev–Trinajstić information content (AvgIpc) is 3.14. The van der Waals surface area contributed by atoms with Crippen LogP contribution in [0.1, 0.15) is 23.3 Å². The fourth-order valence-corrected chi connectivity index (χ4v) is 4.16. The standard InChI is InChI=1S/C19H23ClN2OS.ClH/c20-13-19(23)22(15-18-7-4-12-24-18)17-8-10-21(11-9-17)14-16-5-2-1-3-6-16;/h1-7,12,17H,8-11,13-15H2;1H. The van der Waals surface area contributed by atoms with Crippen molar-refractivity contribution in [3.8, 4) is 0 Å². The molecular formula is C19H24Cl2N2OS. The van der Waals surface area contributed by atoms with Gasteiger partial charge in [-0.15, -0.1) is 35.3 Å². The number of amides is 1. The Morgan fingerprint density at radius 1 is 1.16 bits per heavy atom. The van der Waals surface area contributed by atoms with Gasteiger partial charge in [0.1, 0.15) is 5.88 Å². The molecule has 1 fully saturated rings. The van der Waals surface area contributed by atoms with Gasteiger partial charge in [0.2, 0.25) is 5.91 Å². The van der Waals surface area contributed by atoms with Crippen LogP contribution < -0.4 is 0 Å². The summed E-state index contributed by atoms with van der Waals surface area (Å²) in [6, 6.07) is 15.0. The predicted octanol–water partition coefficient (Wildman–Crippen LogP) is 4.40. The fraction of sp³-hybridized carbons (Fsp3) is 0.421. The van der Waals surface area contributed by atoms with Crippen LogP contribution >= 0.6 is 35.3 Å². The number of halogens is 2. The molecule has 136 valence electrons. The number of rotatable bonds is 6. The van der Waals surface area contributed by atoms with Crippen LogP contribution in [0, 0.1) is 0 Å². The minimum atomic E-state index is 0. The molecule has 0 saturated carbocycles. The summed E-state index contributed by atoms with van der Waals surface area (Å²) < 4.78 is 0. The van der Waals surface area contributed by atoms with Gasteiger partial charge in [0, 0.05) is 30.6 Å². The maximum absolute atomic E-state index is 12.3. The Bertz CT molecular complexity index is 628. The van der Waals surface area contributed by atoms with Gasteiger partial charge in [-0.3, -0.25) is 9.69 Å². The van der Waals surface area contributed by atoms with E-state index in [1.807, 2.05) is 11.0 Å². The highest BCUT2D eigenvalue weighted by Gasteiger charge is 2.27. The molecule has 1 aromatic heterocycles. The molecule has 1 aliphatic rings. The van der Waals surface area contributed by atoms with E-state index in [0.717, 1.165) is 32.5 Å². The zero-order valence-corrected chi connectivity index (χ0v) is 16.5. The molecule has 1 aliphatic heterocycles. The summed E-state index contributed by atoms with van der Waals surface area (Å²) in [5, 5.41) is 2.06. The van der Waals surface area contributed by atoms with Gasteiger partial charge < -0.3 is 4.90 Å². The molecule has 3 nitrogen and oxygen atoms in total. The van der Waals surface area contributed by atoms with Crippen LogP contribution in [-0.4, -0.2) is 40.7 Å². The van der Waals surface area contributed by atoms with Crippen molar-refractivity contribution >= 4 is 41.3 Å². The van der Waals surface area contributed by atoms with Gasteiger partial charge in [0.15, 0.2) is 0 Å². The summed E-state index contributed by atoms with van der Waals surface area (Å²) >= 11 is 7.54. The number of thiophene rings is 1. The molecule has 2 heterocycles. The Labute approximate surface area is 165 Å². The summed E-state index contributed by atoms with van der Waals surface area (Å²) in [6.45, 7) is 3.72. The summed E-state index contributed by atoms with van der Waals surface area (Å²) in [6.07, 6.45) is 2.03. The van der Waals surface area contributed by atoms with Crippen LogP contribution in [0.4, 0.5) is 0 Å². The second kappa shape index (κ2) is 10.2. The molecule has 0 spiro atoms. The van der Waals surface area contributed by atoms with Gasteiger partial charge in [-0.25, -0.2) is 0 Å².